The zero-order chi connectivity index (χ0) is 28.7. The number of methoxy groups -OCH3 is 2. The Kier molecular flexibility index (Phi) is 9.41. The van der Waals surface area contributed by atoms with E-state index >= 15 is 0 Å². The summed E-state index contributed by atoms with van der Waals surface area (Å²) in [6.07, 6.45) is 0.124. The quantitative estimate of drug-likeness (QED) is 0.388. The van der Waals surface area contributed by atoms with Crippen LogP contribution >= 0.6 is 0 Å². The molecule has 3 aromatic rings. The third-order valence-electron chi connectivity index (χ3n) is 6.75. The fraction of sp³-hybridized carbons (Fsp3) is 0.310. The molecule has 40 heavy (non-hydrogen) atoms. The molecule has 0 aliphatic carbocycles. The van der Waals surface area contributed by atoms with Crippen LogP contribution in [0.3, 0.4) is 0 Å². The summed E-state index contributed by atoms with van der Waals surface area (Å²) in [5.74, 6) is 0.0388. The maximum Gasteiger partial charge on any atom is 0.253 e. The van der Waals surface area contributed by atoms with E-state index in [1.807, 2.05) is 42.3 Å². The van der Waals surface area contributed by atoms with E-state index in [0.29, 0.717) is 30.1 Å². The Balaban J connectivity index is 1.51. The van der Waals surface area contributed by atoms with E-state index < -0.39 is 22.0 Å². The minimum atomic E-state index is -4.11. The first-order valence-corrected chi connectivity index (χ1v) is 14.4. The van der Waals surface area contributed by atoms with E-state index in [-0.39, 0.29) is 23.0 Å². The van der Waals surface area contributed by atoms with E-state index in [1.54, 1.807) is 24.3 Å². The van der Waals surface area contributed by atoms with Crippen molar-refractivity contribution in [3.8, 4) is 11.5 Å². The van der Waals surface area contributed by atoms with Crippen molar-refractivity contribution >= 4 is 27.5 Å². The van der Waals surface area contributed by atoms with Gasteiger partial charge in [0.25, 0.3) is 5.91 Å². The largest absolute Gasteiger partial charge is 0.493 e. The molecule has 0 spiro atoms. The van der Waals surface area contributed by atoms with Crippen molar-refractivity contribution in [2.45, 2.75) is 17.4 Å². The molecule has 11 heteroatoms. The highest BCUT2D eigenvalue weighted by Crippen LogP contribution is 2.29. The van der Waals surface area contributed by atoms with Crippen molar-refractivity contribution < 1.29 is 27.5 Å². The fourth-order valence-corrected chi connectivity index (χ4v) is 5.60. The Hall–Kier alpha value is -3.93. The number of anilines is 1. The summed E-state index contributed by atoms with van der Waals surface area (Å²) in [6, 6.07) is 18.8. The molecule has 1 fully saturated rings. The van der Waals surface area contributed by atoms with Crippen LogP contribution in [-0.2, 0) is 21.2 Å². The second kappa shape index (κ2) is 12.9. The minimum Gasteiger partial charge on any atom is -0.493 e. The normalized spacial score (nSPS) is 14.8. The Labute approximate surface area is 234 Å². The average Bonchev–Trinajstić information content (AvgIpc) is 2.97. The van der Waals surface area contributed by atoms with Crippen LogP contribution in [-0.4, -0.2) is 83.5 Å². The molecule has 0 bridgehead atoms. The van der Waals surface area contributed by atoms with Crippen LogP contribution < -0.4 is 19.5 Å². The molecule has 0 unspecified atom stereocenters. The third kappa shape index (κ3) is 7.17. The van der Waals surface area contributed by atoms with Gasteiger partial charge < -0.3 is 24.6 Å². The lowest BCUT2D eigenvalue weighted by Crippen LogP contribution is -2.47. The molecule has 1 aliphatic rings. The summed E-state index contributed by atoms with van der Waals surface area (Å²) in [6.45, 7) is 2.97. The molecule has 1 heterocycles. The van der Waals surface area contributed by atoms with Crippen LogP contribution in [0.25, 0.3) is 0 Å². The first-order chi connectivity index (χ1) is 19.2. The van der Waals surface area contributed by atoms with Crippen LogP contribution in [0.4, 0.5) is 5.69 Å². The molecule has 1 aliphatic heterocycles. The maximum atomic E-state index is 13.4. The molecule has 0 aromatic heterocycles. The van der Waals surface area contributed by atoms with Crippen LogP contribution in [0.1, 0.15) is 15.9 Å². The summed E-state index contributed by atoms with van der Waals surface area (Å²) in [5, 5.41) is 2.79. The van der Waals surface area contributed by atoms with Crippen LogP contribution in [0.2, 0.25) is 0 Å². The molecular weight excluding hydrogens is 532 g/mol. The number of ether oxygens (including phenoxy) is 2. The summed E-state index contributed by atoms with van der Waals surface area (Å²) >= 11 is 0. The molecule has 0 radical (unpaired) electrons. The van der Waals surface area contributed by atoms with E-state index in [1.165, 1.54) is 32.4 Å². The van der Waals surface area contributed by atoms with E-state index in [4.69, 9.17) is 9.47 Å². The molecule has 1 atom stereocenters. The Morgan fingerprint density at radius 2 is 1.52 bits per heavy atom. The number of rotatable bonds is 10. The number of hydrogen-bond acceptors (Lipinski definition) is 7. The number of piperazine rings is 1. The lowest BCUT2D eigenvalue weighted by molar-refractivity contribution is -0.117. The van der Waals surface area contributed by atoms with Gasteiger partial charge in [-0.1, -0.05) is 30.3 Å². The summed E-state index contributed by atoms with van der Waals surface area (Å²) in [4.78, 5) is 30.2. The van der Waals surface area contributed by atoms with Gasteiger partial charge in [0, 0.05) is 43.5 Å². The lowest BCUT2D eigenvalue weighted by atomic mass is 10.1. The molecule has 2 N–H and O–H groups in total. The first kappa shape index (κ1) is 29.1. The van der Waals surface area contributed by atoms with Gasteiger partial charge in [-0.2, -0.15) is 4.72 Å². The molecule has 0 saturated carbocycles. The topological polar surface area (TPSA) is 117 Å². The second-order valence-electron chi connectivity index (χ2n) is 9.54. The number of nitrogens with zero attached hydrogens (tertiary/aromatic N) is 2. The standard InChI is InChI=1S/C29H34N4O6S/c1-32-15-17-33(18-16-32)29(35)22-9-11-23(12-10-22)30-28(34)25(19-21-7-5-4-6-8-21)31-40(36,37)24-13-14-26(38-2)27(20-24)39-3/h4-14,20,25,31H,15-19H2,1-3H3,(H,30,34)/t25-/m0/s1. The van der Waals surface area contributed by atoms with Crippen LogP contribution in [0, 0.1) is 0 Å². The molecule has 4 rings (SSSR count). The van der Waals surface area contributed by atoms with Gasteiger partial charge in [0.1, 0.15) is 6.04 Å². The summed E-state index contributed by atoms with van der Waals surface area (Å²) in [7, 11) is 0.789. The number of likely N-dealkylation sites (N-methyl/N-ethyl adjacent to an activating group) is 1. The lowest BCUT2D eigenvalue weighted by Gasteiger charge is -2.32. The van der Waals surface area contributed by atoms with Gasteiger partial charge >= 0.3 is 0 Å². The van der Waals surface area contributed by atoms with Gasteiger partial charge in [-0.3, -0.25) is 9.59 Å². The SMILES string of the molecule is COc1ccc(S(=O)(=O)N[C@@H](Cc2ccccc2)C(=O)Nc2ccc(C(=O)N3CCN(C)CC3)cc2)cc1OC. The van der Waals surface area contributed by atoms with Crippen molar-refractivity contribution in [1.82, 2.24) is 14.5 Å². The van der Waals surface area contributed by atoms with Gasteiger partial charge in [0.15, 0.2) is 11.5 Å². The van der Waals surface area contributed by atoms with Crippen molar-refractivity contribution in [3.63, 3.8) is 0 Å². The Morgan fingerprint density at radius 3 is 2.15 bits per heavy atom. The number of carbonyl (C=O) groups is 2. The fourth-order valence-electron chi connectivity index (χ4n) is 4.39. The smallest absolute Gasteiger partial charge is 0.253 e. The average molecular weight is 567 g/mol. The molecule has 3 aromatic carbocycles. The zero-order valence-corrected chi connectivity index (χ0v) is 23.6. The number of amides is 2. The van der Waals surface area contributed by atoms with Gasteiger partial charge in [-0.05, 0) is 55.4 Å². The predicted octanol–water partition coefficient (Wildman–Crippen LogP) is 2.62. The zero-order valence-electron chi connectivity index (χ0n) is 22.8. The molecule has 1 saturated heterocycles. The molecule has 2 amide bonds. The summed E-state index contributed by atoms with van der Waals surface area (Å²) < 4.78 is 39.6. The molecule has 212 valence electrons. The molecule has 10 nitrogen and oxygen atoms in total. The van der Waals surface area contributed by atoms with Crippen LogP contribution in [0.5, 0.6) is 11.5 Å². The van der Waals surface area contributed by atoms with E-state index in [0.717, 1.165) is 18.7 Å². The number of benzene rings is 3. The number of nitrogens with one attached hydrogen (secondary N) is 2. The third-order valence-corrected chi connectivity index (χ3v) is 8.22. The summed E-state index contributed by atoms with van der Waals surface area (Å²) in [5.41, 5.74) is 1.76. The minimum absolute atomic E-state index is 0.0596. The van der Waals surface area contributed by atoms with Gasteiger partial charge in [0.05, 0.1) is 19.1 Å². The van der Waals surface area contributed by atoms with Gasteiger partial charge in [-0.25, -0.2) is 8.42 Å². The predicted molar refractivity (Wildman–Crippen MR) is 152 cm³/mol. The Bertz CT molecular complexity index is 1420. The highest BCUT2D eigenvalue weighted by Gasteiger charge is 2.27. The van der Waals surface area contributed by atoms with Crippen molar-refractivity contribution in [3.05, 3.63) is 83.9 Å². The first-order valence-electron chi connectivity index (χ1n) is 12.9. The van der Waals surface area contributed by atoms with Crippen molar-refractivity contribution in [1.29, 1.82) is 0 Å². The van der Waals surface area contributed by atoms with Crippen molar-refractivity contribution in [2.24, 2.45) is 0 Å². The van der Waals surface area contributed by atoms with Crippen molar-refractivity contribution in [2.75, 3.05) is 52.8 Å². The van der Waals surface area contributed by atoms with E-state index in [2.05, 4.69) is 14.9 Å². The maximum absolute atomic E-state index is 13.4. The number of carbonyl (C=O) groups excluding carboxylic acids is 2. The Morgan fingerprint density at radius 1 is 0.875 bits per heavy atom. The van der Waals surface area contributed by atoms with E-state index in [9.17, 15) is 18.0 Å². The highest BCUT2D eigenvalue weighted by atomic mass is 32.2. The highest BCUT2D eigenvalue weighted by molar-refractivity contribution is 7.89. The second-order valence-corrected chi connectivity index (χ2v) is 11.3. The number of sulfonamides is 1. The monoisotopic (exact) mass is 566 g/mol. The van der Waals surface area contributed by atoms with Crippen LogP contribution in [0.15, 0.2) is 77.7 Å². The van der Waals surface area contributed by atoms with Gasteiger partial charge in [-0.15, -0.1) is 0 Å². The number of hydrogen-bond donors (Lipinski definition) is 2. The van der Waals surface area contributed by atoms with Gasteiger partial charge in [0.2, 0.25) is 15.9 Å². The molecular formula is C29H34N4O6S.